The fraction of sp³-hybridized carbons (Fsp3) is 0.348. The normalized spacial score (nSPS) is 14.8. The highest BCUT2D eigenvalue weighted by Gasteiger charge is 2.24. The zero-order valence-electron chi connectivity index (χ0n) is 18.1. The van der Waals surface area contributed by atoms with Gasteiger partial charge in [-0.25, -0.2) is 0 Å². The molecule has 0 spiro atoms. The van der Waals surface area contributed by atoms with E-state index in [-0.39, 0.29) is 11.7 Å². The van der Waals surface area contributed by atoms with Crippen molar-refractivity contribution in [3.05, 3.63) is 60.4 Å². The first-order valence-corrected chi connectivity index (χ1v) is 11.4. The Kier molecular flexibility index (Phi) is 7.28. The van der Waals surface area contributed by atoms with Crippen molar-refractivity contribution < 1.29 is 19.0 Å². The average Bonchev–Trinajstić information content (AvgIpc) is 3.28. The van der Waals surface area contributed by atoms with Crippen LogP contribution >= 0.6 is 11.8 Å². The lowest BCUT2D eigenvalue weighted by Crippen LogP contribution is -2.41. The summed E-state index contributed by atoms with van der Waals surface area (Å²) in [4.78, 5) is 14.5. The Morgan fingerprint density at radius 3 is 2.47 bits per heavy atom. The second kappa shape index (κ2) is 10.5. The van der Waals surface area contributed by atoms with Crippen LogP contribution in [0.4, 0.5) is 0 Å². The molecule has 9 heteroatoms. The van der Waals surface area contributed by atoms with E-state index in [4.69, 9.17) is 14.2 Å². The van der Waals surface area contributed by atoms with Gasteiger partial charge < -0.3 is 19.1 Å². The fourth-order valence-corrected chi connectivity index (χ4v) is 4.31. The average molecular weight is 455 g/mol. The van der Waals surface area contributed by atoms with Crippen LogP contribution in [0.5, 0.6) is 11.5 Å². The molecule has 1 atom stereocenters. The van der Waals surface area contributed by atoms with Gasteiger partial charge in [-0.05, 0) is 31.2 Å². The standard InChI is InChI=1S/C23H26N4O4S/c1-17(31-20-11-7-6-10-19(20)29-2)22-24-25-23(27(22)18-8-4-3-5-9-18)32-16-21(28)26-12-14-30-15-13-26/h3-11,17H,12-16H2,1-2H3. The van der Waals surface area contributed by atoms with Gasteiger partial charge in [0.1, 0.15) is 0 Å². The van der Waals surface area contributed by atoms with Gasteiger partial charge in [0.2, 0.25) is 5.91 Å². The number of morpholine rings is 1. The topological polar surface area (TPSA) is 78.7 Å². The van der Waals surface area contributed by atoms with Crippen molar-refractivity contribution in [2.45, 2.75) is 18.2 Å². The van der Waals surface area contributed by atoms with Crippen LogP contribution < -0.4 is 9.47 Å². The molecule has 1 unspecified atom stereocenters. The summed E-state index contributed by atoms with van der Waals surface area (Å²) in [5.41, 5.74) is 0.907. The third kappa shape index (κ3) is 5.05. The van der Waals surface area contributed by atoms with Gasteiger partial charge >= 0.3 is 0 Å². The Morgan fingerprint density at radius 1 is 1.06 bits per heavy atom. The number of hydrogen-bond acceptors (Lipinski definition) is 7. The monoisotopic (exact) mass is 454 g/mol. The van der Waals surface area contributed by atoms with E-state index >= 15 is 0 Å². The first kappa shape index (κ1) is 22.2. The lowest BCUT2D eigenvalue weighted by Gasteiger charge is -2.26. The van der Waals surface area contributed by atoms with Crippen LogP contribution in [0.1, 0.15) is 18.9 Å². The summed E-state index contributed by atoms with van der Waals surface area (Å²) in [6, 6.07) is 17.3. The molecule has 1 aromatic heterocycles. The molecule has 168 valence electrons. The van der Waals surface area contributed by atoms with Crippen molar-refractivity contribution in [3.63, 3.8) is 0 Å². The summed E-state index contributed by atoms with van der Waals surface area (Å²) in [7, 11) is 1.61. The van der Waals surface area contributed by atoms with Crippen LogP contribution in [0.2, 0.25) is 0 Å². The lowest BCUT2D eigenvalue weighted by molar-refractivity contribution is -0.132. The third-order valence-electron chi connectivity index (χ3n) is 5.10. The van der Waals surface area contributed by atoms with Crippen molar-refractivity contribution in [1.82, 2.24) is 19.7 Å². The van der Waals surface area contributed by atoms with Gasteiger partial charge in [0.25, 0.3) is 0 Å². The van der Waals surface area contributed by atoms with Crippen molar-refractivity contribution in [2.75, 3.05) is 39.2 Å². The molecule has 0 aliphatic carbocycles. The summed E-state index contributed by atoms with van der Waals surface area (Å²) >= 11 is 1.37. The number of carbonyl (C=O) groups is 1. The molecule has 3 aromatic rings. The molecule has 8 nitrogen and oxygen atoms in total. The Bertz CT molecular complexity index is 1040. The molecule has 0 bridgehead atoms. The molecule has 0 radical (unpaired) electrons. The molecule has 4 rings (SSSR count). The van der Waals surface area contributed by atoms with Gasteiger partial charge in [-0.2, -0.15) is 0 Å². The smallest absolute Gasteiger partial charge is 0.233 e. The predicted molar refractivity (Wildman–Crippen MR) is 122 cm³/mol. The zero-order valence-corrected chi connectivity index (χ0v) is 19.0. The van der Waals surface area contributed by atoms with Gasteiger partial charge in [-0.15, -0.1) is 10.2 Å². The van der Waals surface area contributed by atoms with E-state index in [0.29, 0.717) is 48.8 Å². The molecule has 1 aliphatic rings. The van der Waals surface area contributed by atoms with E-state index in [9.17, 15) is 4.79 Å². The number of thioether (sulfide) groups is 1. The summed E-state index contributed by atoms with van der Waals surface area (Å²) in [5.74, 6) is 2.27. The Hall–Kier alpha value is -3.04. The highest BCUT2D eigenvalue weighted by molar-refractivity contribution is 7.99. The Labute approximate surface area is 191 Å². The van der Waals surface area contributed by atoms with Gasteiger partial charge in [0, 0.05) is 18.8 Å². The molecule has 0 N–H and O–H groups in total. The molecule has 1 aliphatic heterocycles. The number of amides is 1. The number of aromatic nitrogens is 3. The minimum absolute atomic E-state index is 0.0702. The van der Waals surface area contributed by atoms with E-state index in [1.165, 1.54) is 11.8 Å². The fourth-order valence-electron chi connectivity index (χ4n) is 3.45. The minimum Gasteiger partial charge on any atom is -0.493 e. The van der Waals surface area contributed by atoms with Gasteiger partial charge in [-0.3, -0.25) is 9.36 Å². The van der Waals surface area contributed by atoms with E-state index in [2.05, 4.69) is 10.2 Å². The number of para-hydroxylation sites is 3. The molecule has 0 saturated carbocycles. The molecule has 32 heavy (non-hydrogen) atoms. The SMILES string of the molecule is COc1ccccc1OC(C)c1nnc(SCC(=O)N2CCOCC2)n1-c1ccccc1. The van der Waals surface area contributed by atoms with Gasteiger partial charge in [0.15, 0.2) is 28.6 Å². The largest absolute Gasteiger partial charge is 0.493 e. The number of methoxy groups -OCH3 is 1. The molecule has 1 fully saturated rings. The number of carbonyl (C=O) groups excluding carboxylic acids is 1. The van der Waals surface area contributed by atoms with E-state index in [0.717, 1.165) is 5.69 Å². The Morgan fingerprint density at radius 2 is 1.75 bits per heavy atom. The van der Waals surface area contributed by atoms with Crippen LogP contribution in [0, 0.1) is 0 Å². The number of rotatable bonds is 8. The predicted octanol–water partition coefficient (Wildman–Crippen LogP) is 3.37. The van der Waals surface area contributed by atoms with E-state index in [1.54, 1.807) is 7.11 Å². The molecule has 1 amide bonds. The maximum Gasteiger partial charge on any atom is 0.233 e. The summed E-state index contributed by atoms with van der Waals surface area (Å²) < 4.78 is 18.9. The van der Waals surface area contributed by atoms with Gasteiger partial charge in [-0.1, -0.05) is 42.1 Å². The van der Waals surface area contributed by atoms with E-state index < -0.39 is 6.10 Å². The maximum atomic E-state index is 12.6. The van der Waals surface area contributed by atoms with Crippen molar-refractivity contribution >= 4 is 17.7 Å². The van der Waals surface area contributed by atoms with Crippen LogP contribution in [0.25, 0.3) is 5.69 Å². The minimum atomic E-state index is -0.400. The summed E-state index contributed by atoms with van der Waals surface area (Å²) in [5, 5.41) is 9.44. The Balaban J connectivity index is 1.57. The molecular weight excluding hydrogens is 428 g/mol. The third-order valence-corrected chi connectivity index (χ3v) is 6.01. The molecule has 2 heterocycles. The second-order valence-electron chi connectivity index (χ2n) is 7.20. The van der Waals surface area contributed by atoms with Crippen LogP contribution in [-0.2, 0) is 9.53 Å². The van der Waals surface area contributed by atoms with Crippen molar-refractivity contribution in [2.24, 2.45) is 0 Å². The van der Waals surface area contributed by atoms with Crippen LogP contribution in [-0.4, -0.2) is 64.7 Å². The quantitative estimate of drug-likeness (QED) is 0.483. The number of benzene rings is 2. The number of nitrogens with zero attached hydrogens (tertiary/aromatic N) is 4. The highest BCUT2D eigenvalue weighted by atomic mass is 32.2. The summed E-state index contributed by atoms with van der Waals surface area (Å²) in [6.45, 7) is 4.33. The lowest BCUT2D eigenvalue weighted by atomic mass is 10.3. The van der Waals surface area contributed by atoms with Gasteiger partial charge in [0.05, 0.1) is 26.1 Å². The number of hydrogen-bond donors (Lipinski definition) is 0. The zero-order chi connectivity index (χ0) is 22.3. The second-order valence-corrected chi connectivity index (χ2v) is 8.15. The first-order valence-electron chi connectivity index (χ1n) is 10.5. The van der Waals surface area contributed by atoms with E-state index in [1.807, 2.05) is 71.0 Å². The van der Waals surface area contributed by atoms with Crippen LogP contribution in [0.3, 0.4) is 0 Å². The number of ether oxygens (including phenoxy) is 3. The molecule has 1 saturated heterocycles. The van der Waals surface area contributed by atoms with Crippen molar-refractivity contribution in [1.29, 1.82) is 0 Å². The summed E-state index contributed by atoms with van der Waals surface area (Å²) in [6.07, 6.45) is -0.400. The highest BCUT2D eigenvalue weighted by Crippen LogP contribution is 2.32. The van der Waals surface area contributed by atoms with Crippen LogP contribution in [0.15, 0.2) is 59.8 Å². The van der Waals surface area contributed by atoms with Crippen molar-refractivity contribution in [3.8, 4) is 17.2 Å². The molecular formula is C23H26N4O4S. The molecule has 2 aromatic carbocycles. The first-order chi connectivity index (χ1) is 15.7. The maximum absolute atomic E-state index is 12.6.